The third-order valence-corrected chi connectivity index (χ3v) is 4.46. The number of nitrogens with one attached hydrogen (secondary N) is 1. The van der Waals surface area contributed by atoms with Crippen molar-refractivity contribution in [1.29, 1.82) is 0 Å². The molecule has 2 aliphatic rings. The van der Waals surface area contributed by atoms with Crippen molar-refractivity contribution in [3.63, 3.8) is 0 Å². The van der Waals surface area contributed by atoms with Gasteiger partial charge in [0.1, 0.15) is 17.3 Å². The van der Waals surface area contributed by atoms with Gasteiger partial charge in [-0.2, -0.15) is 0 Å². The Hall–Kier alpha value is -2.64. The number of benzene rings is 1. The Morgan fingerprint density at radius 1 is 1.43 bits per heavy atom. The summed E-state index contributed by atoms with van der Waals surface area (Å²) >= 11 is 0. The highest BCUT2D eigenvalue weighted by molar-refractivity contribution is 5.95. The molecule has 1 aromatic carbocycles. The van der Waals surface area contributed by atoms with Crippen LogP contribution in [0.5, 0.6) is 0 Å². The van der Waals surface area contributed by atoms with E-state index < -0.39 is 29.3 Å². The molecule has 3 rings (SSSR count). The second-order valence-corrected chi connectivity index (χ2v) is 5.90. The van der Waals surface area contributed by atoms with E-state index in [0.717, 1.165) is 0 Å². The van der Waals surface area contributed by atoms with Crippen LogP contribution in [-0.4, -0.2) is 43.5 Å². The van der Waals surface area contributed by atoms with Gasteiger partial charge >= 0.3 is 6.09 Å². The molecule has 2 heterocycles. The Morgan fingerprint density at radius 3 is 2.61 bits per heavy atom. The number of amides is 2. The van der Waals surface area contributed by atoms with Gasteiger partial charge in [-0.05, 0) is 24.6 Å². The van der Waals surface area contributed by atoms with Crippen molar-refractivity contribution in [3.8, 4) is 0 Å². The van der Waals surface area contributed by atoms with Crippen LogP contribution in [0.4, 0.5) is 14.9 Å². The lowest BCUT2D eigenvalue weighted by Crippen LogP contribution is -2.50. The van der Waals surface area contributed by atoms with E-state index in [4.69, 9.17) is 10.5 Å². The van der Waals surface area contributed by atoms with Crippen LogP contribution in [0.15, 0.2) is 18.2 Å². The number of anilines is 1. The molecule has 0 radical (unpaired) electrons. The van der Waals surface area contributed by atoms with Crippen molar-refractivity contribution >= 4 is 23.5 Å². The van der Waals surface area contributed by atoms with Gasteiger partial charge in [-0.3, -0.25) is 9.59 Å². The summed E-state index contributed by atoms with van der Waals surface area (Å²) in [6, 6.07) is 4.27. The van der Waals surface area contributed by atoms with E-state index in [1.165, 1.54) is 19.1 Å². The van der Waals surface area contributed by atoms with Crippen molar-refractivity contribution in [1.82, 2.24) is 5.32 Å². The molecular weight excluding hydrogens is 305 g/mol. The molecular formula is C15H16FN3O4. The number of nitrogens with two attached hydrogens (primary N) is 1. The Labute approximate surface area is 131 Å². The lowest BCUT2D eigenvalue weighted by Gasteiger charge is -2.34. The number of hydrogen-bond acceptors (Lipinski definition) is 5. The van der Waals surface area contributed by atoms with Crippen molar-refractivity contribution in [3.05, 3.63) is 29.6 Å². The largest absolute Gasteiger partial charge is 0.443 e. The molecule has 2 unspecified atom stereocenters. The van der Waals surface area contributed by atoms with Gasteiger partial charge < -0.3 is 20.7 Å². The van der Waals surface area contributed by atoms with E-state index in [1.807, 2.05) is 0 Å². The first-order chi connectivity index (χ1) is 10.8. The van der Waals surface area contributed by atoms with E-state index in [0.29, 0.717) is 11.3 Å². The van der Waals surface area contributed by atoms with Crippen molar-refractivity contribution < 1.29 is 23.5 Å². The Kier molecular flexibility index (Phi) is 3.46. The van der Waals surface area contributed by atoms with Gasteiger partial charge in [0, 0.05) is 0 Å². The zero-order chi connectivity index (χ0) is 16.8. The van der Waals surface area contributed by atoms with Crippen LogP contribution in [0.3, 0.4) is 0 Å². The normalized spacial score (nSPS) is 22.9. The molecule has 0 saturated carbocycles. The number of ketones is 1. The van der Waals surface area contributed by atoms with Gasteiger partial charge in [0.05, 0.1) is 25.3 Å². The minimum atomic E-state index is -1.36. The Morgan fingerprint density at radius 2 is 2.13 bits per heavy atom. The number of carbonyl (C=O) groups excluding carboxylic acids is 3. The van der Waals surface area contributed by atoms with Gasteiger partial charge in [-0.1, -0.05) is 6.07 Å². The van der Waals surface area contributed by atoms with E-state index in [-0.39, 0.29) is 25.4 Å². The van der Waals surface area contributed by atoms with Crippen LogP contribution in [0, 0.1) is 5.82 Å². The molecule has 122 valence electrons. The summed E-state index contributed by atoms with van der Waals surface area (Å²) in [6.45, 7) is 1.98. The van der Waals surface area contributed by atoms with Crippen molar-refractivity contribution in [2.75, 3.05) is 24.5 Å². The zero-order valence-electron chi connectivity index (χ0n) is 12.5. The topological polar surface area (TPSA) is 102 Å². The van der Waals surface area contributed by atoms with E-state index in [2.05, 4.69) is 5.32 Å². The third kappa shape index (κ3) is 2.39. The fourth-order valence-corrected chi connectivity index (χ4v) is 2.83. The summed E-state index contributed by atoms with van der Waals surface area (Å²) in [5.41, 5.74) is 4.75. The van der Waals surface area contributed by atoms with Crippen LogP contribution in [-0.2, 0) is 19.7 Å². The van der Waals surface area contributed by atoms with Crippen LogP contribution in [0.2, 0.25) is 0 Å². The predicted molar refractivity (Wildman–Crippen MR) is 78.4 cm³/mol. The Bertz CT molecular complexity index is 700. The second-order valence-electron chi connectivity index (χ2n) is 5.90. The SMILES string of the molecule is CC(C(N)=O)(c1ccc(N2CC(=O)C2)c(F)c1)C1CNC(=O)O1. The average molecular weight is 321 g/mol. The number of nitrogens with zero attached hydrogens (tertiary/aromatic N) is 1. The molecule has 0 bridgehead atoms. The smallest absolute Gasteiger partial charge is 0.407 e. The van der Waals surface area contributed by atoms with Crippen molar-refractivity contribution in [2.45, 2.75) is 18.4 Å². The number of rotatable bonds is 4. The average Bonchev–Trinajstić information content (AvgIpc) is 2.90. The molecule has 2 fully saturated rings. The molecule has 1 aromatic rings. The van der Waals surface area contributed by atoms with E-state index >= 15 is 0 Å². The summed E-state index contributed by atoms with van der Waals surface area (Å²) in [5, 5.41) is 2.46. The number of carbonyl (C=O) groups is 3. The lowest BCUT2D eigenvalue weighted by molar-refractivity contribution is -0.126. The maximum atomic E-state index is 14.4. The molecule has 0 spiro atoms. The second kappa shape index (κ2) is 5.22. The summed E-state index contributed by atoms with van der Waals surface area (Å²) in [4.78, 5) is 35.9. The first-order valence-electron chi connectivity index (χ1n) is 7.13. The molecule has 8 heteroatoms. The molecule has 7 nitrogen and oxygen atoms in total. The van der Waals surface area contributed by atoms with Gasteiger partial charge in [0.15, 0.2) is 5.78 Å². The van der Waals surface area contributed by atoms with E-state index in [9.17, 15) is 18.8 Å². The number of Topliss-reactive ketones (excluding diaryl/α,β-unsaturated/α-hetero) is 1. The molecule has 0 aliphatic carbocycles. The maximum Gasteiger partial charge on any atom is 0.407 e. The molecule has 3 N–H and O–H groups in total. The Balaban J connectivity index is 1.94. The minimum Gasteiger partial charge on any atom is -0.443 e. The molecule has 0 aromatic heterocycles. The number of alkyl carbamates (subject to hydrolysis) is 1. The summed E-state index contributed by atoms with van der Waals surface area (Å²) < 4.78 is 19.5. The highest BCUT2D eigenvalue weighted by atomic mass is 19.1. The molecule has 2 saturated heterocycles. The molecule has 2 aliphatic heterocycles. The number of cyclic esters (lactones) is 1. The lowest BCUT2D eigenvalue weighted by atomic mass is 9.76. The van der Waals surface area contributed by atoms with E-state index in [1.54, 1.807) is 11.0 Å². The highest BCUT2D eigenvalue weighted by Crippen LogP contribution is 2.34. The molecule has 23 heavy (non-hydrogen) atoms. The fourth-order valence-electron chi connectivity index (χ4n) is 2.83. The zero-order valence-corrected chi connectivity index (χ0v) is 12.5. The first kappa shape index (κ1) is 15.3. The quantitative estimate of drug-likeness (QED) is 0.817. The van der Waals surface area contributed by atoms with Gasteiger partial charge in [0.2, 0.25) is 5.91 Å². The number of halogens is 1. The molecule has 2 amide bonds. The maximum absolute atomic E-state index is 14.4. The predicted octanol–water partition coefficient (Wildman–Crippen LogP) is 0.0662. The summed E-state index contributed by atoms with van der Waals surface area (Å²) in [5.74, 6) is -1.23. The fraction of sp³-hybridized carbons (Fsp3) is 0.400. The molecule has 2 atom stereocenters. The first-order valence-corrected chi connectivity index (χ1v) is 7.13. The van der Waals surface area contributed by atoms with Crippen LogP contribution in [0.25, 0.3) is 0 Å². The standard InChI is InChI=1S/C15H16FN3O4/c1-15(13(17)21,12-5-18-14(22)23-12)8-2-3-11(10(16)4-8)19-6-9(20)7-19/h2-4,12H,5-7H2,1H3,(H2,17,21)(H,18,22). The van der Waals surface area contributed by atoms with Crippen LogP contribution >= 0.6 is 0 Å². The van der Waals surface area contributed by atoms with Gasteiger partial charge in [0.25, 0.3) is 0 Å². The van der Waals surface area contributed by atoms with Gasteiger partial charge in [-0.25, -0.2) is 9.18 Å². The highest BCUT2D eigenvalue weighted by Gasteiger charge is 2.47. The van der Waals surface area contributed by atoms with Crippen molar-refractivity contribution in [2.24, 2.45) is 5.73 Å². The summed E-state index contributed by atoms with van der Waals surface area (Å²) in [7, 11) is 0. The van der Waals surface area contributed by atoms with Gasteiger partial charge in [-0.15, -0.1) is 0 Å². The van der Waals surface area contributed by atoms with Crippen LogP contribution < -0.4 is 16.0 Å². The minimum absolute atomic E-state index is 0.0411. The van der Waals surface area contributed by atoms with Crippen LogP contribution in [0.1, 0.15) is 12.5 Å². The third-order valence-electron chi connectivity index (χ3n) is 4.46. The number of ether oxygens (including phenoxy) is 1. The number of primary amides is 1. The monoisotopic (exact) mass is 321 g/mol. The summed E-state index contributed by atoms with van der Waals surface area (Å²) in [6.07, 6.45) is -1.46. The number of hydrogen-bond donors (Lipinski definition) is 2.